The molecule has 0 aliphatic carbocycles. The molecule has 29 heavy (non-hydrogen) atoms. The van der Waals surface area contributed by atoms with Crippen LogP contribution in [0.25, 0.3) is 17.0 Å². The molecule has 2 aromatic carbocycles. The van der Waals surface area contributed by atoms with Crippen LogP contribution in [0.1, 0.15) is 11.1 Å². The van der Waals surface area contributed by atoms with Gasteiger partial charge in [-0.25, -0.2) is 4.79 Å². The second-order valence-corrected chi connectivity index (χ2v) is 7.70. The summed E-state index contributed by atoms with van der Waals surface area (Å²) in [5.41, 5.74) is 1.07. The molecule has 0 bridgehead atoms. The number of halogens is 1. The van der Waals surface area contributed by atoms with Crippen LogP contribution in [0.2, 0.25) is 5.02 Å². The molecule has 146 valence electrons. The number of ether oxygens (including phenoxy) is 1. The fraction of sp³-hybridized carbons (Fsp3) is 0.0952. The van der Waals surface area contributed by atoms with Crippen molar-refractivity contribution in [3.63, 3.8) is 0 Å². The number of hydrogen-bond acceptors (Lipinski definition) is 6. The fourth-order valence-corrected chi connectivity index (χ4v) is 3.95. The maximum absolute atomic E-state index is 12.8. The molecule has 0 atom stereocenters. The Morgan fingerprint density at radius 1 is 1.10 bits per heavy atom. The van der Waals surface area contributed by atoms with Crippen LogP contribution in [0.15, 0.2) is 62.6 Å². The Labute approximate surface area is 174 Å². The molecule has 0 radical (unpaired) electrons. The van der Waals surface area contributed by atoms with E-state index in [0.717, 1.165) is 22.2 Å². The number of amides is 2. The van der Waals surface area contributed by atoms with Crippen molar-refractivity contribution in [1.29, 1.82) is 0 Å². The number of rotatable bonds is 4. The summed E-state index contributed by atoms with van der Waals surface area (Å²) in [4.78, 5) is 38.6. The summed E-state index contributed by atoms with van der Waals surface area (Å²) in [7, 11) is 1.53. The van der Waals surface area contributed by atoms with Crippen LogP contribution in [-0.2, 0) is 11.3 Å². The summed E-state index contributed by atoms with van der Waals surface area (Å²) < 4.78 is 10.4. The maximum Gasteiger partial charge on any atom is 0.336 e. The van der Waals surface area contributed by atoms with Crippen LogP contribution in [-0.4, -0.2) is 23.2 Å². The molecular weight excluding hydrogens is 414 g/mol. The van der Waals surface area contributed by atoms with Gasteiger partial charge in [0.25, 0.3) is 11.1 Å². The largest absolute Gasteiger partial charge is 0.497 e. The third-order valence-electron chi connectivity index (χ3n) is 4.41. The Bertz CT molecular complexity index is 1220. The van der Waals surface area contributed by atoms with Crippen molar-refractivity contribution in [1.82, 2.24) is 4.90 Å². The molecule has 1 aromatic heterocycles. The third kappa shape index (κ3) is 3.92. The number of imide groups is 1. The minimum atomic E-state index is -0.554. The van der Waals surface area contributed by atoms with Gasteiger partial charge in [-0.1, -0.05) is 23.7 Å². The molecule has 1 saturated heterocycles. The second-order valence-electron chi connectivity index (χ2n) is 6.27. The summed E-state index contributed by atoms with van der Waals surface area (Å²) in [6.07, 6.45) is 1.64. The lowest BCUT2D eigenvalue weighted by atomic mass is 10.1. The normalized spacial score (nSPS) is 15.5. The van der Waals surface area contributed by atoms with Crippen molar-refractivity contribution in [2.45, 2.75) is 6.54 Å². The van der Waals surface area contributed by atoms with E-state index in [2.05, 4.69) is 0 Å². The van der Waals surface area contributed by atoms with Crippen LogP contribution < -0.4 is 10.4 Å². The SMILES string of the molecule is COc1ccc2oc(=O)cc(CN3C(=O)S/C(=C\c4ccc(Cl)cc4)C3=O)c2c1. The molecule has 3 aromatic rings. The quantitative estimate of drug-likeness (QED) is 0.444. The Morgan fingerprint density at radius 3 is 2.59 bits per heavy atom. The molecule has 1 aliphatic heterocycles. The molecule has 4 rings (SSSR count). The number of fused-ring (bicyclic) bond motifs is 1. The summed E-state index contributed by atoms with van der Waals surface area (Å²) in [5, 5.41) is 0.782. The van der Waals surface area contributed by atoms with Crippen LogP contribution >= 0.6 is 23.4 Å². The molecule has 1 fully saturated rings. The number of nitrogens with zero attached hydrogens (tertiary/aromatic N) is 1. The van der Waals surface area contributed by atoms with Gasteiger partial charge in [0.1, 0.15) is 11.3 Å². The number of thioether (sulfide) groups is 1. The predicted octanol–water partition coefficient (Wildman–Crippen LogP) is 4.69. The van der Waals surface area contributed by atoms with E-state index in [1.54, 1.807) is 48.5 Å². The van der Waals surface area contributed by atoms with Gasteiger partial charge in [0, 0.05) is 16.5 Å². The standard InChI is InChI=1S/C21H14ClNO5S/c1-27-15-6-7-17-16(10-15)13(9-19(24)28-17)11-23-20(25)18(29-21(23)26)8-12-2-4-14(22)5-3-12/h2-10H,11H2,1H3/b18-8-. The number of hydrogen-bond donors (Lipinski definition) is 0. The van der Waals surface area contributed by atoms with Crippen LogP contribution in [0, 0.1) is 0 Å². The molecule has 6 nitrogen and oxygen atoms in total. The average molecular weight is 428 g/mol. The van der Waals surface area contributed by atoms with E-state index in [1.807, 2.05) is 0 Å². The van der Waals surface area contributed by atoms with Gasteiger partial charge in [0.2, 0.25) is 0 Å². The second kappa shape index (κ2) is 7.77. The van der Waals surface area contributed by atoms with Gasteiger partial charge < -0.3 is 9.15 Å². The Morgan fingerprint density at radius 2 is 1.86 bits per heavy atom. The number of carbonyl (C=O) groups is 2. The monoisotopic (exact) mass is 427 g/mol. The van der Waals surface area contributed by atoms with Gasteiger partial charge in [-0.3, -0.25) is 14.5 Å². The lowest BCUT2D eigenvalue weighted by molar-refractivity contribution is -0.123. The molecule has 2 heterocycles. The van der Waals surface area contributed by atoms with Crippen molar-refractivity contribution >= 4 is 51.6 Å². The van der Waals surface area contributed by atoms with E-state index in [0.29, 0.717) is 32.2 Å². The van der Waals surface area contributed by atoms with Crippen LogP contribution in [0.5, 0.6) is 5.75 Å². The number of carbonyl (C=O) groups excluding carboxylic acids is 2. The molecule has 0 saturated carbocycles. The first kappa shape index (κ1) is 19.3. The van der Waals surface area contributed by atoms with Crippen molar-refractivity contribution in [3.05, 3.63) is 80.0 Å². The Hall–Kier alpha value is -3.03. The van der Waals surface area contributed by atoms with E-state index in [-0.39, 0.29) is 6.54 Å². The minimum Gasteiger partial charge on any atom is -0.497 e. The van der Waals surface area contributed by atoms with Crippen molar-refractivity contribution < 1.29 is 18.7 Å². The smallest absolute Gasteiger partial charge is 0.336 e. The molecular formula is C21H14ClNO5S. The van der Waals surface area contributed by atoms with Crippen LogP contribution in [0.4, 0.5) is 4.79 Å². The first-order valence-electron chi connectivity index (χ1n) is 8.56. The van der Waals surface area contributed by atoms with E-state index >= 15 is 0 Å². The summed E-state index contributed by atoms with van der Waals surface area (Å²) in [6.45, 7) is -0.0438. The highest BCUT2D eigenvalue weighted by Crippen LogP contribution is 2.34. The Kier molecular flexibility index (Phi) is 5.17. The van der Waals surface area contributed by atoms with Crippen LogP contribution in [0.3, 0.4) is 0 Å². The average Bonchev–Trinajstić information content (AvgIpc) is 2.96. The van der Waals surface area contributed by atoms with Gasteiger partial charge in [-0.15, -0.1) is 0 Å². The maximum atomic E-state index is 12.8. The molecule has 2 amide bonds. The molecule has 0 spiro atoms. The topological polar surface area (TPSA) is 76.8 Å². The van der Waals surface area contributed by atoms with E-state index in [9.17, 15) is 14.4 Å². The predicted molar refractivity (Wildman–Crippen MR) is 112 cm³/mol. The zero-order valence-corrected chi connectivity index (χ0v) is 16.8. The summed E-state index contributed by atoms with van der Waals surface area (Å²) in [5.74, 6) is 0.156. The zero-order chi connectivity index (χ0) is 20.5. The van der Waals surface area contributed by atoms with Crippen molar-refractivity contribution in [2.24, 2.45) is 0 Å². The van der Waals surface area contributed by atoms with Gasteiger partial charge >= 0.3 is 5.63 Å². The lowest BCUT2D eigenvalue weighted by Crippen LogP contribution is -2.28. The first-order chi connectivity index (χ1) is 13.9. The highest BCUT2D eigenvalue weighted by atomic mass is 35.5. The fourth-order valence-electron chi connectivity index (χ4n) is 2.98. The molecule has 1 aliphatic rings. The van der Waals surface area contributed by atoms with E-state index in [4.69, 9.17) is 20.8 Å². The number of methoxy groups -OCH3 is 1. The first-order valence-corrected chi connectivity index (χ1v) is 9.76. The van der Waals surface area contributed by atoms with Gasteiger partial charge in [0.05, 0.1) is 18.6 Å². The lowest BCUT2D eigenvalue weighted by Gasteiger charge is -2.14. The van der Waals surface area contributed by atoms with E-state index < -0.39 is 16.8 Å². The summed E-state index contributed by atoms with van der Waals surface area (Å²) in [6, 6.07) is 13.2. The minimum absolute atomic E-state index is 0.0438. The Balaban J connectivity index is 1.68. The number of benzene rings is 2. The zero-order valence-electron chi connectivity index (χ0n) is 15.2. The highest BCUT2D eigenvalue weighted by Gasteiger charge is 2.35. The molecule has 0 N–H and O–H groups in total. The highest BCUT2D eigenvalue weighted by molar-refractivity contribution is 8.18. The van der Waals surface area contributed by atoms with E-state index in [1.165, 1.54) is 13.2 Å². The third-order valence-corrected chi connectivity index (χ3v) is 5.56. The van der Waals surface area contributed by atoms with Gasteiger partial charge in [0.15, 0.2) is 0 Å². The van der Waals surface area contributed by atoms with Crippen molar-refractivity contribution in [2.75, 3.05) is 7.11 Å². The van der Waals surface area contributed by atoms with Gasteiger partial charge in [-0.05, 0) is 59.3 Å². The molecule has 0 unspecified atom stereocenters. The summed E-state index contributed by atoms with van der Waals surface area (Å²) >= 11 is 6.73. The molecule has 8 heteroatoms. The van der Waals surface area contributed by atoms with Crippen molar-refractivity contribution in [3.8, 4) is 5.75 Å². The van der Waals surface area contributed by atoms with Gasteiger partial charge in [-0.2, -0.15) is 0 Å².